The second-order valence-corrected chi connectivity index (χ2v) is 3.06. The van der Waals surface area contributed by atoms with Gasteiger partial charge in [0, 0.05) is 18.4 Å². The molecule has 0 radical (unpaired) electrons. The van der Waals surface area contributed by atoms with Crippen molar-refractivity contribution >= 4 is 0 Å². The molecule has 0 amide bonds. The molecule has 0 bridgehead atoms. The largest absolute Gasteiger partial charge is 0.297 e. The van der Waals surface area contributed by atoms with E-state index in [9.17, 15) is 0 Å². The molecule has 13 heavy (non-hydrogen) atoms. The van der Waals surface area contributed by atoms with Crippen molar-refractivity contribution in [3.8, 4) is 12.3 Å². The molecule has 0 spiro atoms. The van der Waals surface area contributed by atoms with Gasteiger partial charge in [-0.25, -0.2) is 0 Å². The smallest absolute Gasteiger partial charge is 0.0662 e. The van der Waals surface area contributed by atoms with Crippen LogP contribution < -0.4 is 5.32 Å². The first-order chi connectivity index (χ1) is 6.24. The minimum atomic E-state index is 0.100. The van der Waals surface area contributed by atoms with E-state index in [1.165, 1.54) is 5.56 Å². The molecule has 1 aromatic rings. The van der Waals surface area contributed by atoms with Gasteiger partial charge < -0.3 is 0 Å². The number of terminal acetylenes is 1. The van der Waals surface area contributed by atoms with Gasteiger partial charge in [-0.2, -0.15) is 0 Å². The Balaban J connectivity index is 2.60. The Bertz CT molecular complexity index is 287. The van der Waals surface area contributed by atoms with Crippen molar-refractivity contribution in [3.63, 3.8) is 0 Å². The van der Waals surface area contributed by atoms with Crippen LogP contribution in [0.15, 0.2) is 24.5 Å². The van der Waals surface area contributed by atoms with Gasteiger partial charge in [-0.3, -0.25) is 10.3 Å². The van der Waals surface area contributed by atoms with Crippen molar-refractivity contribution in [1.29, 1.82) is 0 Å². The molecule has 1 aromatic heterocycles. The van der Waals surface area contributed by atoms with Gasteiger partial charge in [0.25, 0.3) is 0 Å². The number of nitrogens with one attached hydrogen (secondary N) is 1. The molecule has 0 aliphatic carbocycles. The lowest BCUT2D eigenvalue weighted by molar-refractivity contribution is 0.546. The van der Waals surface area contributed by atoms with Crippen LogP contribution in [0.2, 0.25) is 0 Å². The lowest BCUT2D eigenvalue weighted by atomic mass is 10.1. The zero-order valence-corrected chi connectivity index (χ0v) is 7.99. The Morgan fingerprint density at radius 3 is 2.54 bits per heavy atom. The molecule has 0 fully saturated rings. The molecular weight excluding hydrogens is 160 g/mol. The number of hydrogen-bond acceptors (Lipinski definition) is 2. The molecule has 68 valence electrons. The maximum atomic E-state index is 5.27. The van der Waals surface area contributed by atoms with Crippen molar-refractivity contribution in [1.82, 2.24) is 10.3 Å². The number of pyridine rings is 1. The SMILES string of the molecule is C#CC(C)NC(C)c1ccncc1. The summed E-state index contributed by atoms with van der Waals surface area (Å²) in [6.07, 6.45) is 8.85. The summed E-state index contributed by atoms with van der Waals surface area (Å²) in [5.74, 6) is 2.64. The van der Waals surface area contributed by atoms with Crippen molar-refractivity contribution in [2.75, 3.05) is 0 Å². The monoisotopic (exact) mass is 174 g/mol. The van der Waals surface area contributed by atoms with Gasteiger partial charge in [0.05, 0.1) is 6.04 Å². The van der Waals surface area contributed by atoms with E-state index in [2.05, 4.69) is 23.1 Å². The first-order valence-corrected chi connectivity index (χ1v) is 4.36. The number of aromatic nitrogens is 1. The normalized spacial score (nSPS) is 14.5. The lowest BCUT2D eigenvalue weighted by Crippen LogP contribution is -2.27. The molecule has 2 atom stereocenters. The van der Waals surface area contributed by atoms with E-state index >= 15 is 0 Å². The van der Waals surface area contributed by atoms with E-state index < -0.39 is 0 Å². The van der Waals surface area contributed by atoms with Crippen LogP contribution in [-0.4, -0.2) is 11.0 Å². The van der Waals surface area contributed by atoms with Crippen LogP contribution in [0.4, 0.5) is 0 Å². The highest BCUT2D eigenvalue weighted by Gasteiger charge is 2.05. The summed E-state index contributed by atoms with van der Waals surface area (Å²) in [4.78, 5) is 3.96. The number of nitrogens with zero attached hydrogens (tertiary/aromatic N) is 1. The third-order valence-electron chi connectivity index (χ3n) is 1.96. The summed E-state index contributed by atoms with van der Waals surface area (Å²) in [7, 11) is 0. The summed E-state index contributed by atoms with van der Waals surface area (Å²) in [5.41, 5.74) is 1.21. The molecule has 2 unspecified atom stereocenters. The average molecular weight is 174 g/mol. The van der Waals surface area contributed by atoms with Gasteiger partial charge in [-0.15, -0.1) is 6.42 Å². The van der Waals surface area contributed by atoms with E-state index in [1.807, 2.05) is 19.1 Å². The zero-order chi connectivity index (χ0) is 9.68. The summed E-state index contributed by atoms with van der Waals surface area (Å²) in [6.45, 7) is 4.06. The summed E-state index contributed by atoms with van der Waals surface area (Å²) in [6, 6.07) is 4.35. The standard InChI is InChI=1S/C11H14N2/c1-4-9(2)13-10(3)11-5-7-12-8-6-11/h1,5-10,13H,2-3H3. The van der Waals surface area contributed by atoms with Crippen LogP contribution in [-0.2, 0) is 0 Å². The topological polar surface area (TPSA) is 24.9 Å². The molecule has 0 aliphatic rings. The van der Waals surface area contributed by atoms with Crippen LogP contribution >= 0.6 is 0 Å². The second kappa shape index (κ2) is 4.64. The van der Waals surface area contributed by atoms with Gasteiger partial charge >= 0.3 is 0 Å². The maximum Gasteiger partial charge on any atom is 0.0662 e. The lowest BCUT2D eigenvalue weighted by Gasteiger charge is -2.15. The van der Waals surface area contributed by atoms with Crippen LogP contribution in [0.1, 0.15) is 25.5 Å². The quantitative estimate of drug-likeness (QED) is 0.706. The van der Waals surface area contributed by atoms with Crippen molar-refractivity contribution in [3.05, 3.63) is 30.1 Å². The van der Waals surface area contributed by atoms with E-state index in [0.717, 1.165) is 0 Å². The van der Waals surface area contributed by atoms with E-state index in [4.69, 9.17) is 6.42 Å². The third-order valence-corrected chi connectivity index (χ3v) is 1.96. The first kappa shape index (κ1) is 9.76. The molecule has 1 N–H and O–H groups in total. The van der Waals surface area contributed by atoms with Crippen molar-refractivity contribution in [2.24, 2.45) is 0 Å². The average Bonchev–Trinajstić information content (AvgIpc) is 2.19. The fourth-order valence-corrected chi connectivity index (χ4v) is 1.17. The Hall–Kier alpha value is -1.33. The molecule has 0 aliphatic heterocycles. The molecule has 2 heteroatoms. The predicted octanol–water partition coefficient (Wildman–Crippen LogP) is 1.75. The first-order valence-electron chi connectivity index (χ1n) is 4.36. The second-order valence-electron chi connectivity index (χ2n) is 3.06. The predicted molar refractivity (Wildman–Crippen MR) is 54.1 cm³/mol. The maximum absolute atomic E-state index is 5.27. The molecule has 0 saturated heterocycles. The van der Waals surface area contributed by atoms with Crippen LogP contribution in [0.3, 0.4) is 0 Å². The Morgan fingerprint density at radius 2 is 2.00 bits per heavy atom. The minimum absolute atomic E-state index is 0.100. The molecule has 0 saturated carbocycles. The summed E-state index contributed by atoms with van der Waals surface area (Å²) >= 11 is 0. The van der Waals surface area contributed by atoms with Crippen LogP contribution in [0, 0.1) is 12.3 Å². The van der Waals surface area contributed by atoms with Crippen LogP contribution in [0.5, 0.6) is 0 Å². The molecule has 0 aromatic carbocycles. The number of rotatable bonds is 3. The molecule has 2 nitrogen and oxygen atoms in total. The number of hydrogen-bond donors (Lipinski definition) is 1. The molecular formula is C11H14N2. The highest BCUT2D eigenvalue weighted by atomic mass is 14.9. The van der Waals surface area contributed by atoms with Gasteiger partial charge in [-0.1, -0.05) is 5.92 Å². The summed E-state index contributed by atoms with van der Waals surface area (Å²) < 4.78 is 0. The third kappa shape index (κ3) is 2.89. The fraction of sp³-hybridized carbons (Fsp3) is 0.364. The van der Waals surface area contributed by atoms with Crippen molar-refractivity contribution < 1.29 is 0 Å². The summed E-state index contributed by atoms with van der Waals surface area (Å²) in [5, 5.41) is 3.28. The Kier molecular flexibility index (Phi) is 3.48. The zero-order valence-electron chi connectivity index (χ0n) is 7.99. The molecule has 1 rings (SSSR count). The van der Waals surface area contributed by atoms with Gasteiger partial charge in [0.2, 0.25) is 0 Å². The Labute approximate surface area is 79.4 Å². The Morgan fingerprint density at radius 1 is 1.38 bits per heavy atom. The highest BCUT2D eigenvalue weighted by Crippen LogP contribution is 2.10. The van der Waals surface area contributed by atoms with Crippen LogP contribution in [0.25, 0.3) is 0 Å². The van der Waals surface area contributed by atoms with Gasteiger partial charge in [-0.05, 0) is 31.5 Å². The molecule has 1 heterocycles. The highest BCUT2D eigenvalue weighted by molar-refractivity contribution is 5.15. The fourth-order valence-electron chi connectivity index (χ4n) is 1.17. The van der Waals surface area contributed by atoms with Gasteiger partial charge in [0.1, 0.15) is 0 Å². The van der Waals surface area contributed by atoms with Gasteiger partial charge in [0.15, 0.2) is 0 Å². The van der Waals surface area contributed by atoms with E-state index in [1.54, 1.807) is 12.4 Å². The van der Waals surface area contributed by atoms with Crippen molar-refractivity contribution in [2.45, 2.75) is 25.9 Å². The minimum Gasteiger partial charge on any atom is -0.297 e. The van der Waals surface area contributed by atoms with E-state index in [-0.39, 0.29) is 12.1 Å². The van der Waals surface area contributed by atoms with E-state index in [0.29, 0.717) is 0 Å².